The van der Waals surface area contributed by atoms with Gasteiger partial charge in [0.1, 0.15) is 11.9 Å². The number of nitrogens with zero attached hydrogens (tertiary/aromatic N) is 5. The van der Waals surface area contributed by atoms with Crippen LogP contribution in [0, 0.1) is 17.2 Å². The highest BCUT2D eigenvalue weighted by Crippen LogP contribution is 2.20. The second-order valence-electron chi connectivity index (χ2n) is 7.42. The highest BCUT2D eigenvalue weighted by atomic mass is 16.1. The molecule has 10 nitrogen and oxygen atoms in total. The van der Waals surface area contributed by atoms with Gasteiger partial charge in [0, 0.05) is 19.2 Å². The summed E-state index contributed by atoms with van der Waals surface area (Å²) in [5.41, 5.74) is 2.03. The summed E-state index contributed by atoms with van der Waals surface area (Å²) in [7, 11) is 0. The molecule has 0 saturated carbocycles. The Bertz CT molecular complexity index is 1090. The number of amides is 1. The maximum absolute atomic E-state index is 12.8. The van der Waals surface area contributed by atoms with E-state index in [1.165, 1.54) is 12.4 Å². The van der Waals surface area contributed by atoms with Crippen LogP contribution in [0.3, 0.4) is 0 Å². The molecule has 0 bridgehead atoms. The van der Waals surface area contributed by atoms with E-state index in [0.717, 1.165) is 25.1 Å². The number of nitriles is 1. The molecule has 0 aliphatic carbocycles. The van der Waals surface area contributed by atoms with Gasteiger partial charge < -0.3 is 21.3 Å². The number of benzene rings is 1. The minimum absolute atomic E-state index is 0.222. The molecule has 1 amide bonds. The van der Waals surface area contributed by atoms with Crippen LogP contribution in [0.1, 0.15) is 28.2 Å². The Balaban J connectivity index is 1.50. The molecular weight excluding hydrogens is 406 g/mol. The number of rotatable bonds is 8. The van der Waals surface area contributed by atoms with Crippen molar-refractivity contribution in [2.24, 2.45) is 5.92 Å². The number of hydrogen-bond acceptors (Lipinski definition) is 9. The van der Waals surface area contributed by atoms with Gasteiger partial charge in [-0.2, -0.15) is 5.26 Å². The number of aromatic nitrogens is 4. The van der Waals surface area contributed by atoms with E-state index in [1.54, 1.807) is 6.07 Å². The quantitative estimate of drug-likeness (QED) is 0.422. The van der Waals surface area contributed by atoms with E-state index < -0.39 is 0 Å². The summed E-state index contributed by atoms with van der Waals surface area (Å²) in [6.07, 6.45) is 3.89. The number of carbonyl (C=O) groups excluding carboxylic acids is 1. The molecule has 3 heterocycles. The maximum atomic E-state index is 12.8. The van der Waals surface area contributed by atoms with Gasteiger partial charge in [-0.1, -0.05) is 30.3 Å². The lowest BCUT2D eigenvalue weighted by molar-refractivity contribution is 0.0946. The van der Waals surface area contributed by atoms with Crippen molar-refractivity contribution in [3.63, 3.8) is 0 Å². The third-order valence-electron chi connectivity index (χ3n) is 5.07. The van der Waals surface area contributed by atoms with Crippen LogP contribution in [0.25, 0.3) is 0 Å². The summed E-state index contributed by atoms with van der Waals surface area (Å²) in [6, 6.07) is 13.3. The largest absolute Gasteiger partial charge is 0.383 e. The first kappa shape index (κ1) is 21.1. The zero-order chi connectivity index (χ0) is 22.2. The van der Waals surface area contributed by atoms with Gasteiger partial charge in [-0.25, -0.2) is 9.97 Å². The zero-order valence-electron chi connectivity index (χ0n) is 17.4. The van der Waals surface area contributed by atoms with Crippen molar-refractivity contribution in [1.29, 1.82) is 5.26 Å². The maximum Gasteiger partial charge on any atom is 0.274 e. The van der Waals surface area contributed by atoms with Crippen LogP contribution in [0.15, 0.2) is 48.8 Å². The van der Waals surface area contributed by atoms with Crippen molar-refractivity contribution < 1.29 is 4.79 Å². The van der Waals surface area contributed by atoms with Crippen molar-refractivity contribution in [3.8, 4) is 6.07 Å². The van der Waals surface area contributed by atoms with Gasteiger partial charge in [0.25, 0.3) is 5.91 Å². The Morgan fingerprint density at radius 2 is 2.03 bits per heavy atom. The molecule has 1 aromatic carbocycles. The Kier molecular flexibility index (Phi) is 6.79. The van der Waals surface area contributed by atoms with E-state index in [-0.39, 0.29) is 17.3 Å². The lowest BCUT2D eigenvalue weighted by Gasteiger charge is -2.15. The summed E-state index contributed by atoms with van der Waals surface area (Å²) in [5, 5.41) is 29.7. The molecule has 2 aromatic heterocycles. The lowest BCUT2D eigenvalue weighted by atomic mass is 10.1. The number of anilines is 3. The average Bonchev–Trinajstić information content (AvgIpc) is 3.36. The van der Waals surface area contributed by atoms with Crippen molar-refractivity contribution in [3.05, 3.63) is 65.7 Å². The fourth-order valence-electron chi connectivity index (χ4n) is 3.34. The molecule has 1 aliphatic rings. The summed E-state index contributed by atoms with van der Waals surface area (Å²) in [6.45, 7) is 3.05. The third kappa shape index (κ3) is 5.53. The molecule has 0 radical (unpaired) electrons. The predicted octanol–water partition coefficient (Wildman–Crippen LogP) is 1.83. The molecule has 162 valence electrons. The van der Waals surface area contributed by atoms with Crippen LogP contribution in [0.5, 0.6) is 0 Å². The van der Waals surface area contributed by atoms with Gasteiger partial charge >= 0.3 is 0 Å². The van der Waals surface area contributed by atoms with Gasteiger partial charge in [0.15, 0.2) is 17.2 Å². The highest BCUT2D eigenvalue weighted by molar-refractivity contribution is 5.97. The van der Waals surface area contributed by atoms with E-state index in [4.69, 9.17) is 5.26 Å². The van der Waals surface area contributed by atoms with E-state index in [9.17, 15) is 4.79 Å². The van der Waals surface area contributed by atoms with Gasteiger partial charge in [-0.05, 0) is 31.0 Å². The fraction of sp³-hybridized carbons (Fsp3) is 0.273. The lowest BCUT2D eigenvalue weighted by Crippen LogP contribution is -2.26. The molecule has 10 heteroatoms. The van der Waals surface area contributed by atoms with Gasteiger partial charge in [0.05, 0.1) is 18.1 Å². The van der Waals surface area contributed by atoms with Crippen molar-refractivity contribution in [1.82, 2.24) is 30.8 Å². The molecule has 1 unspecified atom stereocenters. The number of hydrogen-bond donors (Lipinski definition) is 4. The van der Waals surface area contributed by atoms with E-state index in [1.807, 2.05) is 36.4 Å². The summed E-state index contributed by atoms with van der Waals surface area (Å²) < 4.78 is 0. The first-order valence-electron chi connectivity index (χ1n) is 10.3. The fourth-order valence-corrected chi connectivity index (χ4v) is 3.34. The minimum atomic E-state index is -0.307. The average molecular weight is 429 g/mol. The van der Waals surface area contributed by atoms with E-state index in [0.29, 0.717) is 36.3 Å². The monoisotopic (exact) mass is 429 g/mol. The Hall–Kier alpha value is -4.10. The molecular formula is C22H23N9O. The highest BCUT2D eigenvalue weighted by Gasteiger charge is 2.19. The topological polar surface area (TPSA) is 141 Å². The second kappa shape index (κ2) is 10.3. The smallest absolute Gasteiger partial charge is 0.274 e. The number of nitrogens with one attached hydrogen (secondary N) is 4. The van der Waals surface area contributed by atoms with E-state index in [2.05, 4.69) is 41.4 Å². The van der Waals surface area contributed by atoms with Crippen molar-refractivity contribution in [2.75, 3.05) is 30.3 Å². The van der Waals surface area contributed by atoms with Crippen LogP contribution in [0.4, 0.5) is 17.3 Å². The summed E-state index contributed by atoms with van der Waals surface area (Å²) >= 11 is 0. The standard InChI is InChI=1S/C22H23N9O/c23-9-17-13-27-20(14-25-17)29-19-8-18(26-12-16-6-7-24-10-16)21(31-30-19)22(32)28-11-15-4-2-1-3-5-15/h1-5,8,13-14,16,24H,6-7,10-12H2,(H,28,32)(H2,26,27,29,30). The SMILES string of the molecule is N#Cc1cnc(Nc2cc(NCC3CCNC3)c(C(=O)NCc3ccccc3)nn2)cn1. The predicted molar refractivity (Wildman–Crippen MR) is 119 cm³/mol. The molecule has 4 N–H and O–H groups in total. The summed E-state index contributed by atoms with van der Waals surface area (Å²) in [5.74, 6) is 1.00. The Labute approximate surface area is 185 Å². The van der Waals surface area contributed by atoms with Crippen molar-refractivity contribution >= 4 is 23.2 Å². The van der Waals surface area contributed by atoms with Crippen LogP contribution >= 0.6 is 0 Å². The third-order valence-corrected chi connectivity index (χ3v) is 5.07. The van der Waals surface area contributed by atoms with E-state index >= 15 is 0 Å². The molecule has 0 spiro atoms. The van der Waals surface area contributed by atoms with Crippen molar-refractivity contribution in [2.45, 2.75) is 13.0 Å². The first-order valence-corrected chi connectivity index (χ1v) is 10.3. The molecule has 1 fully saturated rings. The second-order valence-corrected chi connectivity index (χ2v) is 7.42. The van der Waals surface area contributed by atoms with Crippen LogP contribution in [-0.2, 0) is 6.54 Å². The molecule has 4 rings (SSSR count). The Morgan fingerprint density at radius 1 is 1.16 bits per heavy atom. The van der Waals surface area contributed by atoms with Gasteiger partial charge in [-0.3, -0.25) is 4.79 Å². The Morgan fingerprint density at radius 3 is 2.75 bits per heavy atom. The normalized spacial score (nSPS) is 15.0. The minimum Gasteiger partial charge on any atom is -0.383 e. The molecule has 1 saturated heterocycles. The van der Waals surface area contributed by atoms with Crippen LogP contribution in [0.2, 0.25) is 0 Å². The molecule has 3 aromatic rings. The van der Waals surface area contributed by atoms with Gasteiger partial charge in [-0.15, -0.1) is 10.2 Å². The molecule has 1 atom stereocenters. The molecule has 1 aliphatic heterocycles. The zero-order valence-corrected chi connectivity index (χ0v) is 17.4. The summed E-state index contributed by atoms with van der Waals surface area (Å²) in [4.78, 5) is 21.0. The first-order chi connectivity index (χ1) is 15.7. The number of carbonyl (C=O) groups is 1. The van der Waals surface area contributed by atoms with Crippen LogP contribution in [-0.4, -0.2) is 45.7 Å². The van der Waals surface area contributed by atoms with Crippen LogP contribution < -0.4 is 21.3 Å². The molecule has 32 heavy (non-hydrogen) atoms. The van der Waals surface area contributed by atoms with Gasteiger partial charge in [0.2, 0.25) is 0 Å².